The van der Waals surface area contributed by atoms with Crippen molar-refractivity contribution in [1.82, 2.24) is 5.32 Å². The van der Waals surface area contributed by atoms with Crippen LogP contribution in [-0.2, 0) is 19.5 Å². The fourth-order valence-electron chi connectivity index (χ4n) is 4.17. The number of carbonyl (C=O) groups is 1. The summed E-state index contributed by atoms with van der Waals surface area (Å²) < 4.78 is 57.4. The zero-order valence-corrected chi connectivity index (χ0v) is 23.1. The molecular formula is C26H28BrFN2O6S. The predicted molar refractivity (Wildman–Crippen MR) is 144 cm³/mol. The van der Waals surface area contributed by atoms with Gasteiger partial charge in [-0.3, -0.25) is 9.10 Å². The number of amides is 1. The van der Waals surface area contributed by atoms with Crippen molar-refractivity contribution in [1.29, 1.82) is 0 Å². The number of rotatable bonds is 11. The summed E-state index contributed by atoms with van der Waals surface area (Å²) in [7, 11) is -0.677. The van der Waals surface area contributed by atoms with E-state index in [4.69, 9.17) is 13.9 Å². The van der Waals surface area contributed by atoms with Gasteiger partial charge in [-0.2, -0.15) is 0 Å². The van der Waals surface area contributed by atoms with Crippen LogP contribution in [0.15, 0.2) is 51.4 Å². The molecular weight excluding hydrogens is 567 g/mol. The molecule has 0 saturated heterocycles. The third kappa shape index (κ3) is 6.06. The number of furan rings is 1. The van der Waals surface area contributed by atoms with Gasteiger partial charge in [0.2, 0.25) is 10.0 Å². The molecule has 0 bridgehead atoms. The van der Waals surface area contributed by atoms with Crippen LogP contribution in [0.25, 0.3) is 22.3 Å². The van der Waals surface area contributed by atoms with E-state index in [9.17, 15) is 17.6 Å². The van der Waals surface area contributed by atoms with Crippen molar-refractivity contribution in [2.24, 2.45) is 0 Å². The maximum absolute atomic E-state index is 13.6. The Morgan fingerprint density at radius 3 is 2.54 bits per heavy atom. The first-order chi connectivity index (χ1) is 17.7. The second kappa shape index (κ2) is 11.3. The van der Waals surface area contributed by atoms with Gasteiger partial charge >= 0.3 is 0 Å². The van der Waals surface area contributed by atoms with Gasteiger partial charge in [-0.05, 0) is 65.2 Å². The Balaban J connectivity index is 1.89. The molecule has 1 amide bonds. The normalized spacial score (nSPS) is 14.2. The van der Waals surface area contributed by atoms with Gasteiger partial charge in [-0.1, -0.05) is 15.9 Å². The van der Waals surface area contributed by atoms with Crippen molar-refractivity contribution in [2.75, 3.05) is 44.7 Å². The Bertz CT molecular complexity index is 1430. The summed E-state index contributed by atoms with van der Waals surface area (Å²) in [6.45, 7) is 0.290. The number of methoxy groups -OCH3 is 1. The van der Waals surface area contributed by atoms with Crippen molar-refractivity contribution in [3.8, 4) is 11.3 Å². The quantitative estimate of drug-likeness (QED) is 0.244. The molecule has 3 aromatic rings. The number of benzene rings is 2. The minimum atomic E-state index is -3.71. The van der Waals surface area contributed by atoms with Crippen LogP contribution in [0.2, 0.25) is 0 Å². The van der Waals surface area contributed by atoms with E-state index in [1.54, 1.807) is 11.1 Å². The maximum Gasteiger partial charge on any atom is 0.255 e. The highest BCUT2D eigenvalue weighted by Gasteiger charge is 2.33. The molecule has 1 N–H and O–H groups in total. The zero-order valence-electron chi connectivity index (χ0n) is 20.7. The predicted octanol–water partition coefficient (Wildman–Crippen LogP) is 5.14. The third-order valence-electron chi connectivity index (χ3n) is 6.07. The monoisotopic (exact) mass is 594 g/mol. The number of fused-ring (bicyclic) bond motifs is 1. The van der Waals surface area contributed by atoms with Crippen molar-refractivity contribution < 1.29 is 31.5 Å². The molecule has 198 valence electrons. The van der Waals surface area contributed by atoms with Gasteiger partial charge in [0.1, 0.15) is 24.0 Å². The number of hydrogen-bond donors (Lipinski definition) is 1. The molecule has 8 nitrogen and oxygen atoms in total. The molecule has 37 heavy (non-hydrogen) atoms. The molecule has 0 unspecified atom stereocenters. The van der Waals surface area contributed by atoms with Crippen molar-refractivity contribution >= 4 is 48.5 Å². The van der Waals surface area contributed by atoms with Gasteiger partial charge in [0.25, 0.3) is 5.91 Å². The molecule has 11 heteroatoms. The van der Waals surface area contributed by atoms with Gasteiger partial charge in [0.15, 0.2) is 0 Å². The molecule has 4 rings (SSSR count). The van der Waals surface area contributed by atoms with Gasteiger partial charge in [-0.15, -0.1) is 0 Å². The van der Waals surface area contributed by atoms with E-state index in [1.165, 1.54) is 42.7 Å². The standard InChI is InChI=1S/C26H28BrFN2O6S/c1-29-26(31)24-21-10-20(17-4-5-17)22(11-23(21)36-25(24)18-6-8-19(28)9-7-18)30(37(3,32)33)13-16(12-27)14-35-15-34-2/h6-12,17H,4-5,13-15H2,1-3H3,(H,29,31). The Labute approximate surface area is 223 Å². The lowest BCUT2D eigenvalue weighted by molar-refractivity contribution is -0.0212. The Kier molecular flexibility index (Phi) is 8.37. The smallest absolute Gasteiger partial charge is 0.255 e. The lowest BCUT2D eigenvalue weighted by Crippen LogP contribution is -2.33. The number of nitrogens with zero attached hydrogens (tertiary/aromatic N) is 1. The van der Waals surface area contributed by atoms with Gasteiger partial charge in [0, 0.05) is 31.2 Å². The van der Waals surface area contributed by atoms with Crippen LogP contribution >= 0.6 is 15.9 Å². The van der Waals surface area contributed by atoms with E-state index >= 15 is 0 Å². The van der Waals surface area contributed by atoms with Crippen LogP contribution in [0, 0.1) is 5.82 Å². The fourth-order valence-corrected chi connectivity index (χ4v) is 5.37. The molecule has 0 spiro atoms. The SMILES string of the molecule is CNC(=O)c1c(-c2ccc(F)cc2)oc2cc(N(CC(=CBr)COCOC)S(C)(=O)=O)c(C3CC3)cc12. The maximum atomic E-state index is 13.6. The summed E-state index contributed by atoms with van der Waals surface area (Å²) in [5, 5.41) is 3.22. The van der Waals surface area contributed by atoms with Crippen LogP contribution in [-0.4, -0.2) is 54.7 Å². The topological polar surface area (TPSA) is 98.1 Å². The van der Waals surface area contributed by atoms with Crippen molar-refractivity contribution in [3.63, 3.8) is 0 Å². The van der Waals surface area contributed by atoms with E-state index in [2.05, 4.69) is 21.2 Å². The molecule has 2 aromatic carbocycles. The Morgan fingerprint density at radius 1 is 1.27 bits per heavy atom. The molecule has 1 aliphatic carbocycles. The molecule has 0 atom stereocenters. The third-order valence-corrected chi connectivity index (χ3v) is 7.85. The van der Waals surface area contributed by atoms with Crippen LogP contribution in [0.3, 0.4) is 0 Å². The van der Waals surface area contributed by atoms with E-state index < -0.39 is 15.8 Å². The summed E-state index contributed by atoms with van der Waals surface area (Å²) in [6, 6.07) is 9.19. The average Bonchev–Trinajstić information content (AvgIpc) is 3.65. The molecule has 1 fully saturated rings. The first-order valence-electron chi connectivity index (χ1n) is 11.6. The average molecular weight is 595 g/mol. The number of sulfonamides is 1. The molecule has 1 saturated carbocycles. The molecule has 1 aliphatic rings. The lowest BCUT2D eigenvalue weighted by atomic mass is 10.0. The van der Waals surface area contributed by atoms with Crippen LogP contribution in [0.1, 0.15) is 34.7 Å². The number of nitrogens with one attached hydrogen (secondary N) is 1. The van der Waals surface area contributed by atoms with Crippen LogP contribution in [0.5, 0.6) is 0 Å². The first kappa shape index (κ1) is 27.3. The Morgan fingerprint density at radius 2 is 1.97 bits per heavy atom. The largest absolute Gasteiger partial charge is 0.455 e. The number of carbonyl (C=O) groups excluding carboxylic acids is 1. The van der Waals surface area contributed by atoms with E-state index in [0.717, 1.165) is 24.7 Å². The molecule has 1 heterocycles. The summed E-state index contributed by atoms with van der Waals surface area (Å²) in [6.07, 6.45) is 2.97. The number of halogens is 2. The molecule has 0 aliphatic heterocycles. The second-order valence-corrected chi connectivity index (χ2v) is 11.2. The highest BCUT2D eigenvalue weighted by atomic mass is 79.9. The minimum Gasteiger partial charge on any atom is -0.455 e. The van der Waals surface area contributed by atoms with Crippen LogP contribution in [0.4, 0.5) is 10.1 Å². The summed E-state index contributed by atoms with van der Waals surface area (Å²) >= 11 is 3.31. The first-order valence-corrected chi connectivity index (χ1v) is 14.3. The van der Waals surface area contributed by atoms with Gasteiger partial charge in [0.05, 0.1) is 30.7 Å². The summed E-state index contributed by atoms with van der Waals surface area (Å²) in [5.74, 6) is -0.319. The second-order valence-electron chi connectivity index (χ2n) is 8.87. The highest BCUT2D eigenvalue weighted by Crippen LogP contribution is 2.48. The minimum absolute atomic E-state index is 0.0485. The fraction of sp³-hybridized carbons (Fsp3) is 0.346. The summed E-state index contributed by atoms with van der Waals surface area (Å²) in [5.41, 5.74) is 3.19. The van der Waals surface area contributed by atoms with Gasteiger partial charge in [-0.25, -0.2) is 12.8 Å². The highest BCUT2D eigenvalue weighted by molar-refractivity contribution is 9.11. The Hall–Kier alpha value is -2.73. The van der Waals surface area contributed by atoms with E-state index in [1.807, 2.05) is 6.07 Å². The van der Waals surface area contributed by atoms with Crippen LogP contribution < -0.4 is 9.62 Å². The number of hydrogen-bond acceptors (Lipinski definition) is 6. The van der Waals surface area contributed by atoms with E-state index in [0.29, 0.717) is 33.4 Å². The lowest BCUT2D eigenvalue weighted by Gasteiger charge is -2.26. The summed E-state index contributed by atoms with van der Waals surface area (Å²) in [4.78, 5) is 14.6. The number of anilines is 1. The molecule has 0 radical (unpaired) electrons. The molecule has 1 aromatic heterocycles. The van der Waals surface area contributed by atoms with Crippen molar-refractivity contribution in [2.45, 2.75) is 18.8 Å². The number of ether oxygens (including phenoxy) is 2. The van der Waals surface area contributed by atoms with Crippen molar-refractivity contribution in [3.05, 3.63) is 63.9 Å². The van der Waals surface area contributed by atoms with Gasteiger partial charge < -0.3 is 19.2 Å². The zero-order chi connectivity index (χ0) is 26.7. The van der Waals surface area contributed by atoms with E-state index in [-0.39, 0.29) is 37.5 Å².